The predicted octanol–water partition coefficient (Wildman–Crippen LogP) is 3.71. The Balaban J connectivity index is 2.26. The van der Waals surface area contributed by atoms with Gasteiger partial charge in [-0.1, -0.05) is 18.2 Å². The molecule has 0 fully saturated rings. The molecule has 5 rings (SSSR count). The molecule has 0 unspecified atom stereocenters. The summed E-state index contributed by atoms with van der Waals surface area (Å²) in [7, 11) is 0. The number of aromatic amines is 2. The summed E-state index contributed by atoms with van der Waals surface area (Å²) in [6.45, 7) is 0. The number of pyridine rings is 3. The standard InChI is InChI=1S/C18H11N3O/c22-18-12-5-3-8-19-15(12)16-14-11(7-9-20-16)10-4-1-2-6-13(10)21-17(14)18/h1-9,19,21H. The molecule has 4 nitrogen and oxygen atoms in total. The van der Waals surface area contributed by atoms with Crippen LogP contribution in [0.5, 0.6) is 0 Å². The van der Waals surface area contributed by atoms with E-state index in [0.717, 1.165) is 32.7 Å². The first-order valence-corrected chi connectivity index (χ1v) is 7.13. The lowest BCUT2D eigenvalue weighted by Crippen LogP contribution is -2.07. The Bertz CT molecular complexity index is 1230. The summed E-state index contributed by atoms with van der Waals surface area (Å²) in [5, 5.41) is 3.69. The van der Waals surface area contributed by atoms with Gasteiger partial charge in [0, 0.05) is 34.1 Å². The van der Waals surface area contributed by atoms with Gasteiger partial charge in [0.1, 0.15) is 0 Å². The number of benzene rings is 2. The zero-order valence-corrected chi connectivity index (χ0v) is 11.6. The van der Waals surface area contributed by atoms with Gasteiger partial charge in [0.05, 0.1) is 16.6 Å². The number of hydrogen-bond acceptors (Lipinski definition) is 2. The highest BCUT2D eigenvalue weighted by molar-refractivity contribution is 6.23. The Morgan fingerprint density at radius 3 is 2.68 bits per heavy atom. The molecule has 0 spiro atoms. The van der Waals surface area contributed by atoms with Gasteiger partial charge < -0.3 is 9.97 Å². The smallest absolute Gasteiger partial charge is 0.212 e. The van der Waals surface area contributed by atoms with E-state index in [1.165, 1.54) is 0 Å². The monoisotopic (exact) mass is 285 g/mol. The van der Waals surface area contributed by atoms with E-state index >= 15 is 0 Å². The van der Waals surface area contributed by atoms with Crippen LogP contribution in [0.25, 0.3) is 43.6 Å². The van der Waals surface area contributed by atoms with Gasteiger partial charge in [0.2, 0.25) is 5.43 Å². The minimum Gasteiger partial charge on any atom is -0.359 e. The number of H-pyrrole nitrogens is 2. The maximum atomic E-state index is 12.9. The Morgan fingerprint density at radius 1 is 0.864 bits per heavy atom. The van der Waals surface area contributed by atoms with E-state index in [-0.39, 0.29) is 5.43 Å². The minimum atomic E-state index is 0.00287. The lowest BCUT2D eigenvalue weighted by Gasteiger charge is -2.10. The SMILES string of the molecule is O=c1c2ccc[nH]c2c2nccc3c4ccccc4[nH]c1c32. The summed E-state index contributed by atoms with van der Waals surface area (Å²) in [5.41, 5.74) is 3.19. The molecule has 0 bridgehead atoms. The fraction of sp³-hybridized carbons (Fsp3) is 0. The van der Waals surface area contributed by atoms with Gasteiger partial charge in [-0.05, 0) is 29.7 Å². The summed E-state index contributed by atoms with van der Waals surface area (Å²) < 4.78 is 0. The fourth-order valence-electron chi connectivity index (χ4n) is 3.28. The fourth-order valence-corrected chi connectivity index (χ4v) is 3.28. The second kappa shape index (κ2) is 3.95. The second-order valence-electron chi connectivity index (χ2n) is 5.42. The topological polar surface area (TPSA) is 61.5 Å². The van der Waals surface area contributed by atoms with Gasteiger partial charge in [-0.3, -0.25) is 9.78 Å². The van der Waals surface area contributed by atoms with Crippen molar-refractivity contribution in [2.24, 2.45) is 0 Å². The number of rotatable bonds is 0. The van der Waals surface area contributed by atoms with Crippen LogP contribution in [-0.2, 0) is 0 Å². The van der Waals surface area contributed by atoms with Crippen LogP contribution in [0.4, 0.5) is 0 Å². The van der Waals surface area contributed by atoms with Crippen LogP contribution >= 0.6 is 0 Å². The van der Waals surface area contributed by atoms with E-state index in [2.05, 4.69) is 21.0 Å². The van der Waals surface area contributed by atoms with Crippen LogP contribution in [0.15, 0.2) is 59.7 Å². The van der Waals surface area contributed by atoms with Crippen molar-refractivity contribution < 1.29 is 0 Å². The molecule has 4 heteroatoms. The third-order valence-corrected chi connectivity index (χ3v) is 4.24. The molecule has 0 amide bonds. The van der Waals surface area contributed by atoms with Crippen LogP contribution in [0.2, 0.25) is 0 Å². The number of nitrogens with one attached hydrogen (secondary N) is 2. The molecule has 0 aliphatic rings. The molecule has 0 aliphatic heterocycles. The Kier molecular flexibility index (Phi) is 2.07. The predicted molar refractivity (Wildman–Crippen MR) is 89.2 cm³/mol. The van der Waals surface area contributed by atoms with Crippen LogP contribution < -0.4 is 5.43 Å². The van der Waals surface area contributed by atoms with Crippen molar-refractivity contribution in [2.75, 3.05) is 0 Å². The van der Waals surface area contributed by atoms with Gasteiger partial charge >= 0.3 is 0 Å². The number of nitrogens with zero attached hydrogens (tertiary/aromatic N) is 1. The highest BCUT2D eigenvalue weighted by Crippen LogP contribution is 2.31. The summed E-state index contributed by atoms with van der Waals surface area (Å²) >= 11 is 0. The number of para-hydroxylation sites is 1. The first-order chi connectivity index (χ1) is 10.8. The van der Waals surface area contributed by atoms with Crippen molar-refractivity contribution >= 4 is 43.6 Å². The highest BCUT2D eigenvalue weighted by Gasteiger charge is 2.15. The van der Waals surface area contributed by atoms with Crippen LogP contribution in [0, 0.1) is 0 Å². The molecule has 3 aromatic heterocycles. The lowest BCUT2D eigenvalue weighted by atomic mass is 10.0. The summed E-state index contributed by atoms with van der Waals surface area (Å²) in [6.07, 6.45) is 3.62. The van der Waals surface area contributed by atoms with Crippen molar-refractivity contribution in [3.63, 3.8) is 0 Å². The molecule has 0 atom stereocenters. The average Bonchev–Trinajstić information content (AvgIpc) is 2.59. The first-order valence-electron chi connectivity index (χ1n) is 7.13. The number of aromatic nitrogens is 3. The van der Waals surface area contributed by atoms with Crippen LogP contribution in [-0.4, -0.2) is 15.0 Å². The molecule has 0 radical (unpaired) electrons. The molecule has 2 N–H and O–H groups in total. The number of fused-ring (bicyclic) bond motifs is 4. The number of hydrogen-bond donors (Lipinski definition) is 2. The summed E-state index contributed by atoms with van der Waals surface area (Å²) in [4.78, 5) is 23.8. The van der Waals surface area contributed by atoms with Crippen molar-refractivity contribution in [1.82, 2.24) is 15.0 Å². The molecule has 104 valence electrons. The van der Waals surface area contributed by atoms with E-state index in [4.69, 9.17) is 0 Å². The Hall–Kier alpha value is -3.14. The zero-order valence-electron chi connectivity index (χ0n) is 11.6. The Morgan fingerprint density at radius 2 is 1.73 bits per heavy atom. The molecule has 5 aromatic rings. The lowest BCUT2D eigenvalue weighted by molar-refractivity contribution is 1.37. The van der Waals surface area contributed by atoms with Crippen molar-refractivity contribution in [1.29, 1.82) is 0 Å². The molecule has 2 aromatic carbocycles. The average molecular weight is 285 g/mol. The maximum Gasteiger partial charge on any atom is 0.212 e. The van der Waals surface area contributed by atoms with Crippen molar-refractivity contribution in [3.05, 3.63) is 65.1 Å². The first kappa shape index (κ1) is 11.5. The molecular weight excluding hydrogens is 274 g/mol. The van der Waals surface area contributed by atoms with Crippen LogP contribution in [0.1, 0.15) is 0 Å². The highest BCUT2D eigenvalue weighted by atomic mass is 16.1. The molecular formula is C18H11N3O. The second-order valence-corrected chi connectivity index (χ2v) is 5.42. The van der Waals surface area contributed by atoms with E-state index in [9.17, 15) is 4.79 Å². The molecule has 0 saturated heterocycles. The van der Waals surface area contributed by atoms with E-state index in [1.807, 2.05) is 42.6 Å². The normalized spacial score (nSPS) is 11.8. The third kappa shape index (κ3) is 1.31. The molecule has 0 aliphatic carbocycles. The van der Waals surface area contributed by atoms with Gasteiger partial charge in [-0.25, -0.2) is 0 Å². The van der Waals surface area contributed by atoms with Gasteiger partial charge in [-0.15, -0.1) is 0 Å². The van der Waals surface area contributed by atoms with Crippen LogP contribution in [0.3, 0.4) is 0 Å². The van der Waals surface area contributed by atoms with E-state index in [0.29, 0.717) is 10.9 Å². The van der Waals surface area contributed by atoms with E-state index < -0.39 is 0 Å². The third-order valence-electron chi connectivity index (χ3n) is 4.24. The maximum absolute atomic E-state index is 12.9. The van der Waals surface area contributed by atoms with Gasteiger partial charge in [-0.2, -0.15) is 0 Å². The zero-order chi connectivity index (χ0) is 14.7. The summed E-state index contributed by atoms with van der Waals surface area (Å²) in [5.74, 6) is 0. The Labute approximate surface area is 124 Å². The van der Waals surface area contributed by atoms with Gasteiger partial charge in [0.25, 0.3) is 0 Å². The van der Waals surface area contributed by atoms with E-state index in [1.54, 1.807) is 6.20 Å². The minimum absolute atomic E-state index is 0.00287. The summed E-state index contributed by atoms with van der Waals surface area (Å²) in [6, 6.07) is 13.7. The molecule has 0 saturated carbocycles. The molecule has 3 heterocycles. The van der Waals surface area contributed by atoms with Crippen molar-refractivity contribution in [3.8, 4) is 0 Å². The largest absolute Gasteiger partial charge is 0.359 e. The molecule has 22 heavy (non-hydrogen) atoms. The van der Waals surface area contributed by atoms with Gasteiger partial charge in [0.15, 0.2) is 0 Å². The quantitative estimate of drug-likeness (QED) is 0.336. The van der Waals surface area contributed by atoms with Crippen molar-refractivity contribution in [2.45, 2.75) is 0 Å².